The summed E-state index contributed by atoms with van der Waals surface area (Å²) in [5.41, 5.74) is 6.12. The van der Waals surface area contributed by atoms with Crippen LogP contribution < -0.4 is 35.2 Å². The molecular formula is C69H76N8O10S2. The number of nitrogens with one attached hydrogen (secondary N) is 3. The monoisotopic (exact) mass is 1240 g/mol. The van der Waals surface area contributed by atoms with Gasteiger partial charge in [0.25, 0.3) is 0 Å². The molecule has 5 N–H and O–H groups in total. The summed E-state index contributed by atoms with van der Waals surface area (Å²) in [6, 6.07) is 44.9. The van der Waals surface area contributed by atoms with E-state index in [0.29, 0.717) is 85.2 Å². The number of ketones is 2. The highest BCUT2D eigenvalue weighted by atomic mass is 32.1. The maximum Gasteiger partial charge on any atom is 0.410 e. The lowest BCUT2D eigenvalue weighted by Gasteiger charge is -2.35. The van der Waals surface area contributed by atoms with Crippen LogP contribution in [-0.4, -0.2) is 138 Å². The second-order valence-electron chi connectivity index (χ2n) is 22.6. The van der Waals surface area contributed by atoms with E-state index in [1.807, 2.05) is 81.4 Å². The Morgan fingerprint density at radius 3 is 1.34 bits per heavy atom. The third-order valence-electron chi connectivity index (χ3n) is 15.0. The van der Waals surface area contributed by atoms with Crippen LogP contribution in [0.5, 0.6) is 11.5 Å². The maximum absolute atomic E-state index is 13.1. The molecule has 2 fully saturated rings. The molecule has 0 bridgehead atoms. The molecule has 20 heteroatoms. The summed E-state index contributed by atoms with van der Waals surface area (Å²) < 4.78 is 17.5. The summed E-state index contributed by atoms with van der Waals surface area (Å²) in [6.07, 6.45) is 1.56. The Kier molecular flexibility index (Phi) is 22.2. The van der Waals surface area contributed by atoms with Gasteiger partial charge >= 0.3 is 18.0 Å². The van der Waals surface area contributed by atoms with Crippen molar-refractivity contribution >= 4 is 73.9 Å². The van der Waals surface area contributed by atoms with Crippen LogP contribution in [0.25, 0.3) is 0 Å². The molecule has 2 aliphatic heterocycles. The van der Waals surface area contributed by atoms with E-state index in [2.05, 4.69) is 39.6 Å². The van der Waals surface area contributed by atoms with E-state index in [9.17, 15) is 34.2 Å². The number of aliphatic carboxylic acids is 2. The highest BCUT2D eigenvalue weighted by molar-refractivity contribution is 7.16. The Morgan fingerprint density at radius 2 is 0.933 bits per heavy atom. The first kappa shape index (κ1) is 64.4. The zero-order valence-electron chi connectivity index (χ0n) is 50.8. The predicted molar refractivity (Wildman–Crippen MR) is 350 cm³/mol. The number of aromatic nitrogens is 2. The molecular weight excluding hydrogens is 1160 g/mol. The number of rotatable bonds is 24. The van der Waals surface area contributed by atoms with E-state index in [4.69, 9.17) is 24.2 Å². The van der Waals surface area contributed by atoms with Gasteiger partial charge in [-0.2, -0.15) is 0 Å². The Balaban J connectivity index is 0.000000214. The topological polar surface area (TPSA) is 225 Å². The summed E-state index contributed by atoms with van der Waals surface area (Å²) in [5, 5.41) is 31.5. The summed E-state index contributed by atoms with van der Waals surface area (Å²) in [7, 11) is 0. The van der Waals surface area contributed by atoms with Crippen LogP contribution in [0.1, 0.15) is 84.9 Å². The Morgan fingerprint density at radius 1 is 0.539 bits per heavy atom. The molecule has 10 rings (SSSR count). The Labute approximate surface area is 527 Å². The van der Waals surface area contributed by atoms with E-state index < -0.39 is 29.6 Å². The van der Waals surface area contributed by atoms with Gasteiger partial charge in [-0.25, -0.2) is 24.4 Å². The quantitative estimate of drug-likeness (QED) is 0.0355. The van der Waals surface area contributed by atoms with Crippen molar-refractivity contribution in [3.05, 3.63) is 212 Å². The van der Waals surface area contributed by atoms with Crippen LogP contribution in [0.2, 0.25) is 0 Å². The van der Waals surface area contributed by atoms with Gasteiger partial charge in [0.05, 0.1) is 24.6 Å². The number of piperazine rings is 2. The van der Waals surface area contributed by atoms with Gasteiger partial charge in [-0.15, -0.1) is 22.7 Å². The van der Waals surface area contributed by atoms with Crippen molar-refractivity contribution in [3.8, 4) is 11.5 Å². The van der Waals surface area contributed by atoms with Crippen molar-refractivity contribution in [2.45, 2.75) is 78.0 Å². The number of carbonyl (C=O) groups is 5. The summed E-state index contributed by atoms with van der Waals surface area (Å²) in [5.74, 6) is -0.934. The number of hydrogen-bond donors (Lipinski definition) is 5. The number of carboxylic acids is 2. The standard InChI is InChI=1S/C37H42N4O6S.C32H34N4O4S/c1-25-30(39-35(48-25)40-19-21-41(22-20-40)36(45)47-37(2,3)4)18-23-46-28-16-14-26(15-17-28)24-32(34(43)44)38-31-13-9-8-12-29(31)33(42)27-10-6-5-7-11-27;1-22-27(35-32(41-22)36-18-16-33-17-19-36)15-20-40-25-13-11-23(12-14-25)21-29(31(38)39)34-28-10-6-5-9-26(28)30(37)24-7-3-2-4-8-24/h5-17,32,38H,18-24H2,1-4H3,(H,43,44);2-14,29,33-34H,15-21H2,1H3,(H,38,39)/t32-;/m0./s1. The van der Waals surface area contributed by atoms with Crippen LogP contribution >= 0.6 is 22.7 Å². The van der Waals surface area contributed by atoms with Gasteiger partial charge in [-0.05, 0) is 94.3 Å². The van der Waals surface area contributed by atoms with Crippen molar-refractivity contribution in [2.75, 3.05) is 86.0 Å². The average molecular weight is 1240 g/mol. The number of para-hydroxylation sites is 2. The predicted octanol–water partition coefficient (Wildman–Crippen LogP) is 11.3. The van der Waals surface area contributed by atoms with Gasteiger partial charge in [-0.1, -0.05) is 109 Å². The third-order valence-corrected chi connectivity index (χ3v) is 17.1. The molecule has 18 nitrogen and oxygen atoms in total. The first-order valence-corrected chi connectivity index (χ1v) is 31.5. The van der Waals surface area contributed by atoms with Gasteiger partial charge in [0.2, 0.25) is 0 Å². The summed E-state index contributed by atoms with van der Waals surface area (Å²) in [4.78, 5) is 81.3. The van der Waals surface area contributed by atoms with Crippen molar-refractivity contribution in [3.63, 3.8) is 0 Å². The average Bonchev–Trinajstić information content (AvgIpc) is 4.32. The second-order valence-corrected chi connectivity index (χ2v) is 25.0. The maximum atomic E-state index is 13.1. The van der Waals surface area contributed by atoms with Gasteiger partial charge < -0.3 is 55.1 Å². The molecule has 6 aromatic carbocycles. The number of anilines is 4. The third kappa shape index (κ3) is 18.2. The lowest BCUT2D eigenvalue weighted by Crippen LogP contribution is -2.50. The number of ether oxygens (including phenoxy) is 3. The Bertz CT molecular complexity index is 3660. The fraction of sp³-hybridized carbons (Fsp3) is 0.319. The highest BCUT2D eigenvalue weighted by Gasteiger charge is 2.28. The molecule has 89 heavy (non-hydrogen) atoms. The smallest absolute Gasteiger partial charge is 0.410 e. The van der Waals surface area contributed by atoms with E-state index in [0.717, 1.165) is 76.0 Å². The normalized spacial score (nSPS) is 13.9. The van der Waals surface area contributed by atoms with E-state index in [1.165, 1.54) is 4.88 Å². The minimum absolute atomic E-state index is 0.160. The molecule has 2 aromatic heterocycles. The number of amides is 1. The van der Waals surface area contributed by atoms with Gasteiger partial charge in [-0.3, -0.25) is 9.59 Å². The van der Waals surface area contributed by atoms with Crippen molar-refractivity contribution < 1.29 is 48.4 Å². The van der Waals surface area contributed by atoms with Crippen LogP contribution in [0.4, 0.5) is 26.4 Å². The molecule has 0 radical (unpaired) electrons. The van der Waals surface area contributed by atoms with Gasteiger partial charge in [0.15, 0.2) is 21.8 Å². The lowest BCUT2D eigenvalue weighted by molar-refractivity contribution is -0.138. The zero-order chi connectivity index (χ0) is 62.9. The molecule has 464 valence electrons. The van der Waals surface area contributed by atoms with E-state index in [1.54, 1.807) is 125 Å². The fourth-order valence-electron chi connectivity index (χ4n) is 10.1. The molecule has 0 spiro atoms. The molecule has 1 unspecified atom stereocenters. The second kappa shape index (κ2) is 30.7. The number of hydrogen-bond acceptors (Lipinski definition) is 17. The number of thiazole rings is 2. The minimum Gasteiger partial charge on any atom is -0.493 e. The molecule has 0 saturated carbocycles. The first-order valence-electron chi connectivity index (χ1n) is 29.9. The summed E-state index contributed by atoms with van der Waals surface area (Å²) >= 11 is 3.39. The van der Waals surface area contributed by atoms with Crippen LogP contribution in [0.3, 0.4) is 0 Å². The molecule has 8 aromatic rings. The first-order chi connectivity index (χ1) is 42.9. The largest absolute Gasteiger partial charge is 0.493 e. The van der Waals surface area contributed by atoms with E-state index >= 15 is 0 Å². The zero-order valence-corrected chi connectivity index (χ0v) is 52.4. The number of nitrogens with zero attached hydrogens (tertiary/aromatic N) is 5. The lowest BCUT2D eigenvalue weighted by atomic mass is 10.00. The highest BCUT2D eigenvalue weighted by Crippen LogP contribution is 2.30. The van der Waals surface area contributed by atoms with Crippen molar-refractivity contribution in [1.82, 2.24) is 20.2 Å². The van der Waals surface area contributed by atoms with Gasteiger partial charge in [0.1, 0.15) is 29.2 Å². The van der Waals surface area contributed by atoms with Crippen LogP contribution in [0.15, 0.2) is 158 Å². The number of benzene rings is 6. The number of aryl methyl sites for hydroxylation is 2. The van der Waals surface area contributed by atoms with Crippen molar-refractivity contribution in [2.24, 2.45) is 0 Å². The molecule has 2 saturated heterocycles. The SMILES string of the molecule is Cc1sc(N2CCN(C(=O)OC(C)(C)C)CC2)nc1CCOc1ccc(C[C@H](Nc2ccccc2C(=O)c2ccccc2)C(=O)O)cc1.Cc1sc(N2CCNCC2)nc1CCOc1ccc(CC(Nc2ccccc2C(=O)c2ccccc2)C(=O)O)cc1. The van der Waals surface area contributed by atoms with Crippen molar-refractivity contribution in [1.29, 1.82) is 0 Å². The molecule has 2 atom stereocenters. The number of carboxylic acid groups (broad SMARTS) is 2. The molecule has 4 heterocycles. The molecule has 1 amide bonds. The van der Waals surface area contributed by atoms with Gasteiger partial charge in [0, 0.05) is 121 Å². The van der Waals surface area contributed by atoms with E-state index in [-0.39, 0.29) is 30.5 Å². The fourth-order valence-corrected chi connectivity index (χ4v) is 12.2. The summed E-state index contributed by atoms with van der Waals surface area (Å²) in [6.45, 7) is 17.2. The van der Waals surface area contributed by atoms with Crippen LogP contribution in [0, 0.1) is 13.8 Å². The molecule has 2 aliphatic rings. The number of carbonyl (C=O) groups excluding carboxylic acids is 3. The van der Waals surface area contributed by atoms with Crippen LogP contribution in [-0.2, 0) is 40.0 Å². The minimum atomic E-state index is -1.01. The molecule has 0 aliphatic carbocycles. The Hall–Kier alpha value is -9.11.